The van der Waals surface area contributed by atoms with Gasteiger partial charge in [0, 0.05) is 4.47 Å². The minimum Gasteiger partial charge on any atom is -0.205 e. The molecule has 0 atom stereocenters. The summed E-state index contributed by atoms with van der Waals surface area (Å²) >= 11 is 3.25. The van der Waals surface area contributed by atoms with Crippen LogP contribution in [0, 0.1) is 31.0 Å². The van der Waals surface area contributed by atoms with Gasteiger partial charge in [-0.15, -0.1) is 0 Å². The van der Waals surface area contributed by atoms with E-state index in [4.69, 9.17) is 5.26 Å². The van der Waals surface area contributed by atoms with Gasteiger partial charge in [-0.05, 0) is 31.0 Å². The molecule has 62 valence electrons. The van der Waals surface area contributed by atoms with Crippen molar-refractivity contribution in [3.05, 3.63) is 33.0 Å². The number of benzene rings is 1. The summed E-state index contributed by atoms with van der Waals surface area (Å²) < 4.78 is 14.0. The van der Waals surface area contributed by atoms with E-state index < -0.39 is 5.82 Å². The second-order valence-corrected chi connectivity index (χ2v) is 3.46. The van der Waals surface area contributed by atoms with E-state index in [1.54, 1.807) is 19.9 Å². The third kappa shape index (κ3) is 1.35. The summed E-state index contributed by atoms with van der Waals surface area (Å²) in [7, 11) is 0. The minimum atomic E-state index is -0.418. The molecule has 3 heteroatoms. The van der Waals surface area contributed by atoms with Gasteiger partial charge in [-0.1, -0.05) is 15.9 Å². The van der Waals surface area contributed by atoms with E-state index >= 15 is 0 Å². The van der Waals surface area contributed by atoms with Crippen LogP contribution in [0.15, 0.2) is 10.5 Å². The minimum absolute atomic E-state index is 0.127. The molecule has 0 amide bonds. The highest BCUT2D eigenvalue weighted by Crippen LogP contribution is 2.24. The van der Waals surface area contributed by atoms with Gasteiger partial charge in [-0.3, -0.25) is 0 Å². The summed E-state index contributed by atoms with van der Waals surface area (Å²) in [5.74, 6) is -0.418. The van der Waals surface area contributed by atoms with Crippen LogP contribution in [-0.4, -0.2) is 0 Å². The molecule has 0 aliphatic heterocycles. The lowest BCUT2D eigenvalue weighted by Crippen LogP contribution is -1.93. The molecule has 12 heavy (non-hydrogen) atoms. The Morgan fingerprint density at radius 3 is 2.58 bits per heavy atom. The number of nitrogens with zero attached hydrogens (tertiary/aromatic N) is 1. The average molecular weight is 228 g/mol. The van der Waals surface area contributed by atoms with E-state index in [1.165, 1.54) is 0 Å². The van der Waals surface area contributed by atoms with Gasteiger partial charge in [0.05, 0.1) is 5.56 Å². The van der Waals surface area contributed by atoms with Crippen LogP contribution in [0.25, 0.3) is 0 Å². The van der Waals surface area contributed by atoms with E-state index in [2.05, 4.69) is 15.9 Å². The van der Waals surface area contributed by atoms with Crippen LogP contribution >= 0.6 is 15.9 Å². The molecule has 1 rings (SSSR count). The van der Waals surface area contributed by atoms with E-state index in [9.17, 15) is 4.39 Å². The Hall–Kier alpha value is -0.880. The first-order valence-corrected chi connectivity index (χ1v) is 4.22. The molecule has 0 aromatic heterocycles. The molecule has 0 radical (unpaired) electrons. The second-order valence-electron chi connectivity index (χ2n) is 2.60. The molecular weight excluding hydrogens is 221 g/mol. The smallest absolute Gasteiger partial charge is 0.144 e. The lowest BCUT2D eigenvalue weighted by Gasteiger charge is -2.04. The van der Waals surface area contributed by atoms with E-state index in [0.717, 1.165) is 4.47 Å². The summed E-state index contributed by atoms with van der Waals surface area (Å²) in [5.41, 5.74) is 1.27. The Morgan fingerprint density at radius 2 is 2.08 bits per heavy atom. The molecule has 0 unspecified atom stereocenters. The van der Waals surface area contributed by atoms with Crippen LogP contribution in [0.3, 0.4) is 0 Å². The summed E-state index contributed by atoms with van der Waals surface area (Å²) in [4.78, 5) is 0. The summed E-state index contributed by atoms with van der Waals surface area (Å²) in [6.07, 6.45) is 0. The number of halogens is 2. The first-order valence-electron chi connectivity index (χ1n) is 3.43. The van der Waals surface area contributed by atoms with E-state index in [1.807, 2.05) is 6.07 Å². The highest BCUT2D eigenvalue weighted by molar-refractivity contribution is 9.10. The standard InChI is InChI=1S/C9H7BrFN/c1-5-3-8(10)6(2)7(4-12)9(5)11/h3H,1-2H3. The Bertz CT molecular complexity index is 340. The molecule has 1 aromatic rings. The lowest BCUT2D eigenvalue weighted by atomic mass is 10.1. The maximum atomic E-state index is 13.2. The fraction of sp³-hybridized carbons (Fsp3) is 0.222. The zero-order chi connectivity index (χ0) is 9.30. The van der Waals surface area contributed by atoms with Gasteiger partial charge in [0.25, 0.3) is 0 Å². The zero-order valence-corrected chi connectivity index (χ0v) is 8.37. The quantitative estimate of drug-likeness (QED) is 0.669. The molecule has 0 N–H and O–H groups in total. The predicted molar refractivity (Wildman–Crippen MR) is 48.3 cm³/mol. The molecule has 0 saturated carbocycles. The predicted octanol–water partition coefficient (Wildman–Crippen LogP) is 3.08. The van der Waals surface area contributed by atoms with Gasteiger partial charge in [0.15, 0.2) is 0 Å². The van der Waals surface area contributed by atoms with Crippen LogP contribution in [-0.2, 0) is 0 Å². The highest BCUT2D eigenvalue weighted by atomic mass is 79.9. The number of rotatable bonds is 0. The van der Waals surface area contributed by atoms with Crippen molar-refractivity contribution in [3.8, 4) is 6.07 Å². The molecule has 0 bridgehead atoms. The molecule has 1 aromatic carbocycles. The number of hydrogen-bond donors (Lipinski definition) is 0. The number of aryl methyl sites for hydroxylation is 1. The Labute approximate surface area is 79.0 Å². The van der Waals surface area contributed by atoms with Crippen molar-refractivity contribution in [1.29, 1.82) is 5.26 Å². The molecule has 0 heterocycles. The largest absolute Gasteiger partial charge is 0.205 e. The Balaban J connectivity index is 3.56. The van der Waals surface area contributed by atoms with Crippen LogP contribution in [0.5, 0.6) is 0 Å². The molecular formula is C9H7BrFN. The summed E-state index contributed by atoms with van der Waals surface area (Å²) in [6.45, 7) is 3.35. The van der Waals surface area contributed by atoms with Gasteiger partial charge < -0.3 is 0 Å². The van der Waals surface area contributed by atoms with Crippen molar-refractivity contribution in [2.24, 2.45) is 0 Å². The van der Waals surface area contributed by atoms with Crippen molar-refractivity contribution in [1.82, 2.24) is 0 Å². The van der Waals surface area contributed by atoms with Gasteiger partial charge in [0.2, 0.25) is 0 Å². The molecule has 0 aliphatic carbocycles. The molecule has 0 spiro atoms. The highest BCUT2D eigenvalue weighted by Gasteiger charge is 2.10. The van der Waals surface area contributed by atoms with E-state index in [0.29, 0.717) is 11.1 Å². The maximum absolute atomic E-state index is 13.2. The first-order chi connectivity index (χ1) is 5.57. The second kappa shape index (κ2) is 3.24. The third-order valence-corrected chi connectivity index (χ3v) is 2.58. The van der Waals surface area contributed by atoms with Crippen molar-refractivity contribution >= 4 is 15.9 Å². The van der Waals surface area contributed by atoms with Gasteiger partial charge in [0.1, 0.15) is 11.9 Å². The van der Waals surface area contributed by atoms with Crippen molar-refractivity contribution in [3.63, 3.8) is 0 Å². The van der Waals surface area contributed by atoms with E-state index in [-0.39, 0.29) is 5.56 Å². The molecule has 0 aliphatic rings. The Kier molecular flexibility index (Phi) is 2.49. The molecule has 1 nitrogen and oxygen atoms in total. The van der Waals surface area contributed by atoms with Crippen LogP contribution < -0.4 is 0 Å². The third-order valence-electron chi connectivity index (χ3n) is 1.75. The fourth-order valence-electron chi connectivity index (χ4n) is 0.976. The maximum Gasteiger partial charge on any atom is 0.144 e. The van der Waals surface area contributed by atoms with Gasteiger partial charge >= 0.3 is 0 Å². The summed E-state index contributed by atoms with van der Waals surface area (Å²) in [5, 5.41) is 8.64. The average Bonchev–Trinajstić information content (AvgIpc) is 2.02. The SMILES string of the molecule is Cc1cc(Br)c(C)c(C#N)c1F. The molecule has 0 fully saturated rings. The van der Waals surface area contributed by atoms with Crippen LogP contribution in [0.2, 0.25) is 0 Å². The Morgan fingerprint density at radius 1 is 1.50 bits per heavy atom. The fourth-order valence-corrected chi connectivity index (χ4v) is 1.52. The number of hydrogen-bond acceptors (Lipinski definition) is 1. The van der Waals surface area contributed by atoms with Gasteiger partial charge in [-0.2, -0.15) is 5.26 Å². The van der Waals surface area contributed by atoms with Crippen molar-refractivity contribution < 1.29 is 4.39 Å². The normalized spacial score (nSPS) is 9.58. The summed E-state index contributed by atoms with van der Waals surface area (Å²) in [6, 6.07) is 3.51. The lowest BCUT2D eigenvalue weighted by molar-refractivity contribution is 0.613. The number of nitriles is 1. The molecule has 0 saturated heterocycles. The first kappa shape index (κ1) is 9.21. The van der Waals surface area contributed by atoms with Crippen LogP contribution in [0.4, 0.5) is 4.39 Å². The van der Waals surface area contributed by atoms with Gasteiger partial charge in [-0.25, -0.2) is 4.39 Å². The van der Waals surface area contributed by atoms with Crippen LogP contribution in [0.1, 0.15) is 16.7 Å². The monoisotopic (exact) mass is 227 g/mol. The topological polar surface area (TPSA) is 23.8 Å². The van der Waals surface area contributed by atoms with Crippen molar-refractivity contribution in [2.45, 2.75) is 13.8 Å². The zero-order valence-electron chi connectivity index (χ0n) is 6.78. The van der Waals surface area contributed by atoms with Crippen molar-refractivity contribution in [2.75, 3.05) is 0 Å².